The van der Waals surface area contributed by atoms with Crippen molar-refractivity contribution in [1.29, 1.82) is 0 Å². The quantitative estimate of drug-likeness (QED) is 0.0839. The van der Waals surface area contributed by atoms with Crippen LogP contribution < -0.4 is 9.47 Å². The van der Waals surface area contributed by atoms with Crippen LogP contribution in [0.1, 0.15) is 119 Å². The van der Waals surface area contributed by atoms with Crippen LogP contribution in [0.25, 0.3) is 11.1 Å². The fourth-order valence-corrected chi connectivity index (χ4v) is 4.74. The summed E-state index contributed by atoms with van der Waals surface area (Å²) >= 11 is 0. The maximum absolute atomic E-state index is 12.7. The van der Waals surface area contributed by atoms with Crippen molar-refractivity contribution in [2.24, 2.45) is 0 Å². The summed E-state index contributed by atoms with van der Waals surface area (Å²) in [6, 6.07) is 20.8. The van der Waals surface area contributed by atoms with E-state index in [4.69, 9.17) is 14.2 Å². The average molecular weight is 587 g/mol. The molecule has 0 spiro atoms. The first-order valence-corrected chi connectivity index (χ1v) is 15.8. The molecular formula is C37H46O6. The number of hydrogen-bond donors (Lipinski definition) is 0. The topological polar surface area (TPSA) is 78.9 Å². The zero-order chi connectivity index (χ0) is 30.9. The van der Waals surface area contributed by atoms with Crippen LogP contribution in [0.15, 0.2) is 72.8 Å². The van der Waals surface area contributed by atoms with Crippen LogP contribution in [0, 0.1) is 0 Å². The second kappa shape index (κ2) is 18.6. The van der Waals surface area contributed by atoms with Gasteiger partial charge in [0.25, 0.3) is 0 Å². The highest BCUT2D eigenvalue weighted by molar-refractivity contribution is 5.92. The highest BCUT2D eigenvalue weighted by Gasteiger charge is 2.14. The zero-order valence-corrected chi connectivity index (χ0v) is 25.9. The first-order valence-electron chi connectivity index (χ1n) is 15.8. The fourth-order valence-electron chi connectivity index (χ4n) is 4.74. The molecule has 6 heteroatoms. The van der Waals surface area contributed by atoms with Gasteiger partial charge in [-0.2, -0.15) is 0 Å². The van der Waals surface area contributed by atoms with E-state index in [1.54, 1.807) is 48.5 Å². The average Bonchev–Trinajstić information content (AvgIpc) is 3.02. The Kier molecular flexibility index (Phi) is 14.5. The van der Waals surface area contributed by atoms with E-state index < -0.39 is 5.97 Å². The Bertz CT molecular complexity index is 1260. The molecule has 6 nitrogen and oxygen atoms in total. The lowest BCUT2D eigenvalue weighted by Gasteiger charge is -2.13. The van der Waals surface area contributed by atoms with Crippen molar-refractivity contribution < 1.29 is 28.6 Å². The number of unbranched alkanes of at least 4 members (excludes halogenated alkanes) is 8. The number of carbonyl (C=O) groups excluding carboxylic acids is 3. The molecule has 0 saturated heterocycles. The minimum atomic E-state index is -0.491. The molecule has 0 aliphatic heterocycles. The molecule has 0 heterocycles. The standard InChI is InChI=1S/C37H46O6/c1-4-6-8-10-11-13-15-35(38)42-33-24-20-30(21-25-33)29-16-18-31(19-17-29)37(40)43-34-26-22-32(23-27-34)36(39)41-28(3)14-12-9-7-5-2/h16-28H,4-15H2,1-3H3/t28-/m1/s1. The van der Waals surface area contributed by atoms with Crippen molar-refractivity contribution in [3.05, 3.63) is 83.9 Å². The molecule has 3 aromatic rings. The number of rotatable bonds is 18. The molecule has 0 fully saturated rings. The molecule has 3 aromatic carbocycles. The van der Waals surface area contributed by atoms with Crippen LogP contribution in [0.5, 0.6) is 11.5 Å². The monoisotopic (exact) mass is 586 g/mol. The predicted molar refractivity (Wildman–Crippen MR) is 171 cm³/mol. The smallest absolute Gasteiger partial charge is 0.343 e. The highest BCUT2D eigenvalue weighted by Crippen LogP contribution is 2.24. The van der Waals surface area contributed by atoms with Crippen molar-refractivity contribution in [2.75, 3.05) is 0 Å². The van der Waals surface area contributed by atoms with E-state index in [0.29, 0.717) is 29.0 Å². The molecule has 3 rings (SSSR count). The van der Waals surface area contributed by atoms with Crippen LogP contribution in [0.2, 0.25) is 0 Å². The van der Waals surface area contributed by atoms with Crippen LogP contribution in [-0.2, 0) is 9.53 Å². The molecule has 0 aliphatic rings. The number of benzene rings is 3. The lowest BCUT2D eigenvalue weighted by molar-refractivity contribution is -0.134. The van der Waals surface area contributed by atoms with Gasteiger partial charge in [0.2, 0.25) is 0 Å². The van der Waals surface area contributed by atoms with Crippen LogP contribution in [-0.4, -0.2) is 24.0 Å². The molecular weight excluding hydrogens is 540 g/mol. The number of esters is 3. The van der Waals surface area contributed by atoms with Crippen LogP contribution >= 0.6 is 0 Å². The van der Waals surface area contributed by atoms with Crippen molar-refractivity contribution in [2.45, 2.75) is 104 Å². The summed E-state index contributed by atoms with van der Waals surface area (Å²) in [5.74, 6) is -0.203. The lowest BCUT2D eigenvalue weighted by Crippen LogP contribution is -2.15. The van der Waals surface area contributed by atoms with Gasteiger partial charge in [0.05, 0.1) is 17.2 Å². The summed E-state index contributed by atoms with van der Waals surface area (Å²) in [6.45, 7) is 6.27. The molecule has 0 bridgehead atoms. The van der Waals surface area contributed by atoms with Gasteiger partial charge in [-0.3, -0.25) is 4.79 Å². The number of hydrogen-bond acceptors (Lipinski definition) is 6. The zero-order valence-electron chi connectivity index (χ0n) is 25.9. The SMILES string of the molecule is CCCCCCCCC(=O)Oc1ccc(-c2ccc(C(=O)Oc3ccc(C(=O)O[C@H](C)CCCCCC)cc3)cc2)cc1. The van der Waals surface area contributed by atoms with Gasteiger partial charge in [-0.1, -0.05) is 89.5 Å². The highest BCUT2D eigenvalue weighted by atomic mass is 16.5. The molecule has 0 amide bonds. The molecule has 0 saturated carbocycles. The molecule has 0 radical (unpaired) electrons. The van der Waals surface area contributed by atoms with Gasteiger partial charge < -0.3 is 14.2 Å². The van der Waals surface area contributed by atoms with Gasteiger partial charge in [0.15, 0.2) is 0 Å². The summed E-state index contributed by atoms with van der Waals surface area (Å²) in [5, 5.41) is 0. The molecule has 0 aromatic heterocycles. The van der Waals surface area contributed by atoms with E-state index in [1.807, 2.05) is 31.2 Å². The van der Waals surface area contributed by atoms with E-state index in [9.17, 15) is 14.4 Å². The Hall–Kier alpha value is -3.93. The lowest BCUT2D eigenvalue weighted by atomic mass is 10.0. The molecule has 0 N–H and O–H groups in total. The second-order valence-corrected chi connectivity index (χ2v) is 11.1. The van der Waals surface area contributed by atoms with Crippen molar-refractivity contribution in [3.63, 3.8) is 0 Å². The largest absolute Gasteiger partial charge is 0.459 e. The molecule has 1 atom stereocenters. The van der Waals surface area contributed by atoms with Crippen LogP contribution in [0.4, 0.5) is 0 Å². The van der Waals surface area contributed by atoms with Crippen LogP contribution in [0.3, 0.4) is 0 Å². The first-order chi connectivity index (χ1) is 20.9. The van der Waals surface area contributed by atoms with E-state index >= 15 is 0 Å². The van der Waals surface area contributed by atoms with Gasteiger partial charge in [0, 0.05) is 6.42 Å². The first kappa shape index (κ1) is 33.6. The Morgan fingerprint density at radius 3 is 1.65 bits per heavy atom. The van der Waals surface area contributed by atoms with Crippen molar-refractivity contribution in [3.8, 4) is 22.6 Å². The third-order valence-electron chi connectivity index (χ3n) is 7.35. The van der Waals surface area contributed by atoms with Gasteiger partial charge in [-0.05, 0) is 85.8 Å². The predicted octanol–water partition coefficient (Wildman–Crippen LogP) is 9.74. The Balaban J connectivity index is 1.45. The summed E-state index contributed by atoms with van der Waals surface area (Å²) < 4.78 is 16.5. The van der Waals surface area contributed by atoms with Gasteiger partial charge in [0.1, 0.15) is 11.5 Å². The van der Waals surface area contributed by atoms with E-state index in [1.165, 1.54) is 32.1 Å². The third kappa shape index (κ3) is 12.1. The molecule has 0 unspecified atom stereocenters. The molecule has 230 valence electrons. The normalized spacial score (nSPS) is 11.5. The maximum Gasteiger partial charge on any atom is 0.343 e. The Morgan fingerprint density at radius 1 is 0.558 bits per heavy atom. The van der Waals surface area contributed by atoms with E-state index in [-0.39, 0.29) is 18.0 Å². The fraction of sp³-hybridized carbons (Fsp3) is 0.432. The summed E-state index contributed by atoms with van der Waals surface area (Å²) in [6.07, 6.45) is 12.4. The summed E-state index contributed by atoms with van der Waals surface area (Å²) in [5.41, 5.74) is 2.69. The summed E-state index contributed by atoms with van der Waals surface area (Å²) in [7, 11) is 0. The Labute approximate surface area is 256 Å². The third-order valence-corrected chi connectivity index (χ3v) is 7.35. The van der Waals surface area contributed by atoms with Crippen molar-refractivity contribution in [1.82, 2.24) is 0 Å². The van der Waals surface area contributed by atoms with Crippen molar-refractivity contribution >= 4 is 17.9 Å². The van der Waals surface area contributed by atoms with E-state index in [0.717, 1.165) is 49.7 Å². The van der Waals surface area contributed by atoms with Gasteiger partial charge in [-0.15, -0.1) is 0 Å². The molecule has 0 aliphatic carbocycles. The second-order valence-electron chi connectivity index (χ2n) is 11.1. The minimum absolute atomic E-state index is 0.139. The van der Waals surface area contributed by atoms with Gasteiger partial charge in [-0.25, -0.2) is 9.59 Å². The minimum Gasteiger partial charge on any atom is -0.459 e. The summed E-state index contributed by atoms with van der Waals surface area (Å²) in [4.78, 5) is 37.3. The van der Waals surface area contributed by atoms with E-state index in [2.05, 4.69) is 13.8 Å². The number of carbonyl (C=O) groups is 3. The van der Waals surface area contributed by atoms with Gasteiger partial charge >= 0.3 is 17.9 Å². The Morgan fingerprint density at radius 2 is 1.02 bits per heavy atom. The number of ether oxygens (including phenoxy) is 3. The maximum atomic E-state index is 12.7. The molecule has 43 heavy (non-hydrogen) atoms.